The van der Waals surface area contributed by atoms with Crippen molar-refractivity contribution >= 4 is 17.3 Å². The highest BCUT2D eigenvalue weighted by molar-refractivity contribution is 7.14. The Morgan fingerprint density at radius 1 is 1.30 bits per heavy atom. The summed E-state index contributed by atoms with van der Waals surface area (Å²) in [6.07, 6.45) is 2.42. The zero-order valence-corrected chi connectivity index (χ0v) is 12.1. The van der Waals surface area contributed by atoms with Crippen LogP contribution in [0.3, 0.4) is 0 Å². The van der Waals surface area contributed by atoms with E-state index in [0.29, 0.717) is 16.5 Å². The lowest BCUT2D eigenvalue weighted by Gasteiger charge is -2.05. The average molecular weight is 288 g/mol. The fourth-order valence-corrected chi connectivity index (χ4v) is 3.19. The van der Waals surface area contributed by atoms with Gasteiger partial charge in [-0.05, 0) is 30.4 Å². The molecule has 0 unspecified atom stereocenters. The molecule has 3 nitrogen and oxygen atoms in total. The molecule has 20 heavy (non-hydrogen) atoms. The van der Waals surface area contributed by atoms with Gasteiger partial charge in [-0.25, -0.2) is 4.79 Å². The molecule has 0 atom stereocenters. The molecule has 3 rings (SSSR count). The van der Waals surface area contributed by atoms with Crippen LogP contribution in [0.5, 0.6) is 5.06 Å². The zero-order valence-electron chi connectivity index (χ0n) is 11.3. The zero-order chi connectivity index (χ0) is 13.9. The second-order valence-electron chi connectivity index (χ2n) is 4.89. The maximum Gasteiger partial charge on any atom is 0.343 e. The van der Waals surface area contributed by atoms with E-state index < -0.39 is 0 Å². The Morgan fingerprint density at radius 2 is 2.05 bits per heavy atom. The molecule has 0 aliphatic heterocycles. The van der Waals surface area contributed by atoms with Crippen molar-refractivity contribution in [2.75, 3.05) is 7.11 Å². The Balaban J connectivity index is 1.70. The normalized spacial score (nSPS) is 14.1. The van der Waals surface area contributed by atoms with E-state index in [1.165, 1.54) is 17.7 Å². The molecule has 1 aromatic carbocycles. The molecule has 104 valence electrons. The summed E-state index contributed by atoms with van der Waals surface area (Å²) >= 11 is 1.56. The van der Waals surface area contributed by atoms with Crippen LogP contribution in [0.15, 0.2) is 36.4 Å². The van der Waals surface area contributed by atoms with E-state index in [1.54, 1.807) is 18.4 Å². The number of carbonyl (C=O) groups is 1. The second-order valence-corrected chi connectivity index (χ2v) is 5.94. The summed E-state index contributed by atoms with van der Waals surface area (Å²) in [5.74, 6) is 0.304. The van der Waals surface area contributed by atoms with E-state index in [1.807, 2.05) is 36.4 Å². The van der Waals surface area contributed by atoms with Gasteiger partial charge in [0.2, 0.25) is 0 Å². The molecule has 0 bridgehead atoms. The van der Waals surface area contributed by atoms with Gasteiger partial charge in [0, 0.05) is 4.88 Å². The van der Waals surface area contributed by atoms with Gasteiger partial charge in [0.1, 0.15) is 12.2 Å². The Morgan fingerprint density at radius 3 is 2.70 bits per heavy atom. The van der Waals surface area contributed by atoms with Crippen molar-refractivity contribution < 1.29 is 14.3 Å². The summed E-state index contributed by atoms with van der Waals surface area (Å²) < 4.78 is 10.7. The molecule has 0 radical (unpaired) electrons. The third-order valence-corrected chi connectivity index (χ3v) is 4.57. The van der Waals surface area contributed by atoms with Gasteiger partial charge in [0.15, 0.2) is 5.06 Å². The topological polar surface area (TPSA) is 35.5 Å². The molecular weight excluding hydrogens is 272 g/mol. The van der Waals surface area contributed by atoms with Crippen molar-refractivity contribution in [1.29, 1.82) is 0 Å². The van der Waals surface area contributed by atoms with Gasteiger partial charge in [-0.2, -0.15) is 0 Å². The van der Waals surface area contributed by atoms with E-state index in [9.17, 15) is 4.79 Å². The molecule has 1 fully saturated rings. The van der Waals surface area contributed by atoms with Crippen molar-refractivity contribution in [2.24, 2.45) is 0 Å². The monoisotopic (exact) mass is 288 g/mol. The first kappa shape index (κ1) is 13.2. The predicted molar refractivity (Wildman–Crippen MR) is 78.4 cm³/mol. The molecule has 0 amide bonds. The molecule has 1 aromatic heterocycles. The third-order valence-electron chi connectivity index (χ3n) is 3.31. The first-order chi connectivity index (χ1) is 9.78. The van der Waals surface area contributed by atoms with Crippen LogP contribution < -0.4 is 4.74 Å². The van der Waals surface area contributed by atoms with Gasteiger partial charge < -0.3 is 9.47 Å². The van der Waals surface area contributed by atoms with Crippen molar-refractivity contribution in [1.82, 2.24) is 0 Å². The van der Waals surface area contributed by atoms with E-state index in [4.69, 9.17) is 9.47 Å². The van der Waals surface area contributed by atoms with Crippen LogP contribution in [0.25, 0.3) is 0 Å². The van der Waals surface area contributed by atoms with Crippen molar-refractivity contribution in [3.8, 4) is 5.06 Å². The Kier molecular flexibility index (Phi) is 3.74. The minimum absolute atomic E-state index is 0.289. The van der Waals surface area contributed by atoms with Crippen LogP contribution in [-0.4, -0.2) is 13.1 Å². The van der Waals surface area contributed by atoms with E-state index in [-0.39, 0.29) is 12.6 Å². The summed E-state index contributed by atoms with van der Waals surface area (Å²) in [5, 5.41) is 0.657. The first-order valence-corrected chi connectivity index (χ1v) is 7.48. The fraction of sp³-hybridized carbons (Fsp3) is 0.312. The molecule has 4 heteroatoms. The lowest BCUT2D eigenvalue weighted by molar-refractivity contribution is 0.0470. The summed E-state index contributed by atoms with van der Waals surface area (Å²) in [4.78, 5) is 13.4. The van der Waals surface area contributed by atoms with Crippen molar-refractivity contribution in [3.63, 3.8) is 0 Å². The van der Waals surface area contributed by atoms with E-state index >= 15 is 0 Å². The minimum Gasteiger partial charge on any atom is -0.487 e. The summed E-state index contributed by atoms with van der Waals surface area (Å²) in [7, 11) is 1.59. The largest absolute Gasteiger partial charge is 0.487 e. The van der Waals surface area contributed by atoms with Crippen LogP contribution >= 0.6 is 11.3 Å². The molecule has 0 saturated heterocycles. The highest BCUT2D eigenvalue weighted by Crippen LogP contribution is 2.46. The summed E-state index contributed by atoms with van der Waals surface area (Å²) in [5.41, 5.74) is 1.53. The van der Waals surface area contributed by atoms with Crippen LogP contribution in [0.2, 0.25) is 0 Å². The van der Waals surface area contributed by atoms with Crippen molar-refractivity contribution in [2.45, 2.75) is 25.4 Å². The quantitative estimate of drug-likeness (QED) is 0.780. The average Bonchev–Trinajstić information content (AvgIpc) is 3.25. The van der Waals surface area contributed by atoms with E-state index in [0.717, 1.165) is 5.56 Å². The van der Waals surface area contributed by atoms with Gasteiger partial charge in [-0.3, -0.25) is 0 Å². The Hall–Kier alpha value is -1.81. The number of methoxy groups -OCH3 is 1. The molecule has 1 aliphatic rings. The lowest BCUT2D eigenvalue weighted by Crippen LogP contribution is -2.05. The second kappa shape index (κ2) is 5.67. The Bertz CT molecular complexity index is 599. The van der Waals surface area contributed by atoms with Crippen LogP contribution in [0.4, 0.5) is 0 Å². The molecular formula is C16H16O3S. The standard InChI is InChI=1S/C16H16O3S/c1-18-16-13(9-14(20-16)12-7-8-12)15(17)19-10-11-5-3-2-4-6-11/h2-6,9,12H,7-8,10H2,1H3. The molecule has 1 heterocycles. The number of carbonyl (C=O) groups excluding carboxylic acids is 1. The SMILES string of the molecule is COc1sc(C2CC2)cc1C(=O)OCc1ccccc1. The molecule has 0 spiro atoms. The van der Waals surface area contributed by atoms with Gasteiger partial charge in [0.25, 0.3) is 0 Å². The van der Waals surface area contributed by atoms with Crippen LogP contribution in [0, 0.1) is 0 Å². The van der Waals surface area contributed by atoms with E-state index in [2.05, 4.69) is 0 Å². The Labute approximate surface area is 122 Å². The number of hydrogen-bond donors (Lipinski definition) is 0. The van der Waals surface area contributed by atoms with Gasteiger partial charge >= 0.3 is 5.97 Å². The van der Waals surface area contributed by atoms with Gasteiger partial charge in [-0.15, -0.1) is 11.3 Å². The maximum atomic E-state index is 12.2. The molecule has 0 N–H and O–H groups in total. The van der Waals surface area contributed by atoms with Gasteiger partial charge in [-0.1, -0.05) is 30.3 Å². The number of hydrogen-bond acceptors (Lipinski definition) is 4. The fourth-order valence-electron chi connectivity index (χ4n) is 2.06. The smallest absolute Gasteiger partial charge is 0.343 e. The summed E-state index contributed by atoms with van der Waals surface area (Å²) in [6.45, 7) is 0.289. The number of thiophene rings is 1. The third kappa shape index (κ3) is 2.85. The highest BCUT2D eigenvalue weighted by Gasteiger charge is 2.29. The maximum absolute atomic E-state index is 12.2. The highest BCUT2D eigenvalue weighted by atomic mass is 32.1. The molecule has 1 saturated carbocycles. The van der Waals surface area contributed by atoms with Crippen molar-refractivity contribution in [3.05, 3.63) is 52.4 Å². The number of rotatable bonds is 5. The minimum atomic E-state index is -0.311. The van der Waals surface area contributed by atoms with Crippen LogP contribution in [-0.2, 0) is 11.3 Å². The first-order valence-electron chi connectivity index (χ1n) is 6.66. The molecule has 2 aromatic rings. The lowest BCUT2D eigenvalue weighted by atomic mass is 10.2. The summed E-state index contributed by atoms with van der Waals surface area (Å²) in [6, 6.07) is 11.6. The van der Waals surface area contributed by atoms with Gasteiger partial charge in [0.05, 0.1) is 7.11 Å². The molecule has 1 aliphatic carbocycles. The predicted octanol–water partition coefficient (Wildman–Crippen LogP) is 3.99. The number of esters is 1. The van der Waals surface area contributed by atoms with Crippen LogP contribution in [0.1, 0.15) is 39.6 Å². The number of benzene rings is 1. The number of ether oxygens (including phenoxy) is 2.